The van der Waals surface area contributed by atoms with Gasteiger partial charge in [0.1, 0.15) is 5.82 Å². The summed E-state index contributed by atoms with van der Waals surface area (Å²) >= 11 is 1.48. The van der Waals surface area contributed by atoms with Gasteiger partial charge in [-0.3, -0.25) is 4.79 Å². The molecular weight excluding hydrogens is 354 g/mol. The molecule has 3 rings (SSSR count). The van der Waals surface area contributed by atoms with Gasteiger partial charge < -0.3 is 9.88 Å². The molecule has 1 atom stereocenters. The van der Waals surface area contributed by atoms with E-state index in [1.54, 1.807) is 0 Å². The second-order valence-electron chi connectivity index (χ2n) is 7.18. The number of aryl methyl sites for hydroxylation is 1. The van der Waals surface area contributed by atoms with Gasteiger partial charge in [-0.05, 0) is 42.3 Å². The summed E-state index contributed by atoms with van der Waals surface area (Å²) in [6.07, 6.45) is 5.36. The number of thiophene rings is 1. The van der Waals surface area contributed by atoms with E-state index < -0.39 is 0 Å². The van der Waals surface area contributed by atoms with Crippen LogP contribution in [-0.4, -0.2) is 22.0 Å². The van der Waals surface area contributed by atoms with E-state index >= 15 is 0 Å². The van der Waals surface area contributed by atoms with Crippen molar-refractivity contribution in [1.82, 2.24) is 14.9 Å². The molecular formula is C22H29N3OS. The minimum absolute atomic E-state index is 0.0420. The highest BCUT2D eigenvalue weighted by Gasteiger charge is 2.12. The predicted octanol–water partition coefficient (Wildman–Crippen LogP) is 5.29. The van der Waals surface area contributed by atoms with Crippen LogP contribution in [0, 0.1) is 5.92 Å². The van der Waals surface area contributed by atoms with Crippen molar-refractivity contribution in [1.29, 1.82) is 0 Å². The highest BCUT2D eigenvalue weighted by atomic mass is 32.1. The predicted molar refractivity (Wildman–Crippen MR) is 113 cm³/mol. The van der Waals surface area contributed by atoms with Crippen molar-refractivity contribution in [2.24, 2.45) is 5.92 Å². The van der Waals surface area contributed by atoms with Crippen LogP contribution in [0.1, 0.15) is 55.0 Å². The molecule has 27 heavy (non-hydrogen) atoms. The summed E-state index contributed by atoms with van der Waals surface area (Å²) in [5, 5.41) is 4.93. The topological polar surface area (TPSA) is 46.9 Å². The molecule has 0 saturated heterocycles. The number of hydrogen-bond donors (Lipinski definition) is 1. The van der Waals surface area contributed by atoms with Crippen LogP contribution in [0.25, 0.3) is 11.0 Å². The van der Waals surface area contributed by atoms with Crippen LogP contribution in [-0.2, 0) is 13.0 Å². The molecule has 2 aromatic heterocycles. The molecule has 0 spiro atoms. The van der Waals surface area contributed by atoms with Gasteiger partial charge in [-0.25, -0.2) is 4.98 Å². The molecule has 0 aliphatic rings. The zero-order valence-corrected chi connectivity index (χ0v) is 17.1. The van der Waals surface area contributed by atoms with E-state index in [2.05, 4.69) is 48.0 Å². The SMILES string of the molecule is CCC(C)Cn1c(CCCCCNC(=O)c2cccs2)nc2ccccc21. The van der Waals surface area contributed by atoms with Crippen LogP contribution in [0.4, 0.5) is 0 Å². The van der Waals surface area contributed by atoms with Crippen molar-refractivity contribution in [3.63, 3.8) is 0 Å². The summed E-state index contributed by atoms with van der Waals surface area (Å²) in [6.45, 7) is 6.31. The molecule has 0 fully saturated rings. The molecule has 4 nitrogen and oxygen atoms in total. The Labute approximate surface area is 165 Å². The van der Waals surface area contributed by atoms with E-state index in [0.29, 0.717) is 5.92 Å². The molecule has 0 aliphatic carbocycles. The Morgan fingerprint density at radius 3 is 2.81 bits per heavy atom. The summed E-state index contributed by atoms with van der Waals surface area (Å²) in [5.41, 5.74) is 2.34. The number of amides is 1. The monoisotopic (exact) mass is 383 g/mol. The highest BCUT2D eigenvalue weighted by Crippen LogP contribution is 2.20. The maximum absolute atomic E-state index is 11.9. The lowest BCUT2D eigenvalue weighted by Crippen LogP contribution is -2.23. The molecule has 1 unspecified atom stereocenters. The van der Waals surface area contributed by atoms with Crippen molar-refractivity contribution >= 4 is 28.3 Å². The van der Waals surface area contributed by atoms with Gasteiger partial charge in [-0.15, -0.1) is 11.3 Å². The van der Waals surface area contributed by atoms with Crippen LogP contribution < -0.4 is 5.32 Å². The molecule has 1 N–H and O–H groups in total. The number of unbranched alkanes of at least 4 members (excludes halogenated alkanes) is 2. The van der Waals surface area contributed by atoms with Gasteiger partial charge >= 0.3 is 0 Å². The Morgan fingerprint density at radius 2 is 2.04 bits per heavy atom. The van der Waals surface area contributed by atoms with Crippen molar-refractivity contribution in [3.8, 4) is 0 Å². The summed E-state index contributed by atoms with van der Waals surface area (Å²) in [5.74, 6) is 1.88. The van der Waals surface area contributed by atoms with E-state index in [-0.39, 0.29) is 5.91 Å². The van der Waals surface area contributed by atoms with E-state index in [0.717, 1.165) is 49.2 Å². The smallest absolute Gasteiger partial charge is 0.261 e. The number of hydrogen-bond acceptors (Lipinski definition) is 3. The Hall–Kier alpha value is -2.14. The van der Waals surface area contributed by atoms with Crippen molar-refractivity contribution in [2.75, 3.05) is 6.54 Å². The summed E-state index contributed by atoms with van der Waals surface area (Å²) in [6, 6.07) is 12.2. The largest absolute Gasteiger partial charge is 0.351 e. The fraction of sp³-hybridized carbons (Fsp3) is 0.455. The maximum Gasteiger partial charge on any atom is 0.261 e. The van der Waals surface area contributed by atoms with Crippen LogP contribution in [0.5, 0.6) is 0 Å². The maximum atomic E-state index is 11.9. The highest BCUT2D eigenvalue weighted by molar-refractivity contribution is 7.12. The van der Waals surface area contributed by atoms with E-state index in [1.807, 2.05) is 17.5 Å². The minimum atomic E-state index is 0.0420. The third-order valence-electron chi connectivity index (χ3n) is 5.03. The van der Waals surface area contributed by atoms with Gasteiger partial charge in [-0.2, -0.15) is 0 Å². The molecule has 1 amide bonds. The molecule has 3 aromatic rings. The number of rotatable bonds is 10. The number of nitrogens with zero attached hydrogens (tertiary/aromatic N) is 2. The van der Waals surface area contributed by atoms with Gasteiger partial charge in [0.25, 0.3) is 5.91 Å². The standard InChI is InChI=1S/C22H29N3OS/c1-3-17(2)16-25-19-11-7-6-10-18(19)24-21(25)13-5-4-8-14-23-22(26)20-12-9-15-27-20/h6-7,9-12,15,17H,3-5,8,13-14,16H2,1-2H3,(H,23,26). The number of fused-ring (bicyclic) bond motifs is 1. The van der Waals surface area contributed by atoms with Gasteiger partial charge in [0, 0.05) is 19.5 Å². The van der Waals surface area contributed by atoms with Crippen molar-refractivity contribution in [2.45, 2.75) is 52.5 Å². The van der Waals surface area contributed by atoms with Gasteiger partial charge in [0.15, 0.2) is 0 Å². The molecule has 5 heteroatoms. The zero-order valence-electron chi connectivity index (χ0n) is 16.3. The average molecular weight is 384 g/mol. The molecule has 0 bridgehead atoms. The Morgan fingerprint density at radius 1 is 1.19 bits per heavy atom. The Balaban J connectivity index is 1.49. The number of carbonyl (C=O) groups excluding carboxylic acids is 1. The second-order valence-corrected chi connectivity index (χ2v) is 8.13. The van der Waals surface area contributed by atoms with Gasteiger partial charge in [0.05, 0.1) is 15.9 Å². The Bertz CT molecular complexity index is 854. The van der Waals surface area contributed by atoms with Gasteiger partial charge in [0.2, 0.25) is 0 Å². The first kappa shape index (κ1) is 19.6. The van der Waals surface area contributed by atoms with E-state index in [1.165, 1.54) is 29.1 Å². The lowest BCUT2D eigenvalue weighted by atomic mass is 10.1. The number of nitrogens with one attached hydrogen (secondary N) is 1. The average Bonchev–Trinajstić information content (AvgIpc) is 3.33. The second kappa shape index (κ2) is 9.70. The molecule has 0 aliphatic heterocycles. The van der Waals surface area contributed by atoms with Crippen LogP contribution in [0.3, 0.4) is 0 Å². The number of carbonyl (C=O) groups is 1. The first-order chi connectivity index (χ1) is 13.2. The summed E-state index contributed by atoms with van der Waals surface area (Å²) in [7, 11) is 0. The molecule has 0 saturated carbocycles. The zero-order chi connectivity index (χ0) is 19.1. The van der Waals surface area contributed by atoms with E-state index in [9.17, 15) is 4.79 Å². The third-order valence-corrected chi connectivity index (χ3v) is 5.90. The van der Waals surface area contributed by atoms with E-state index in [4.69, 9.17) is 4.98 Å². The first-order valence-corrected chi connectivity index (χ1v) is 10.8. The molecule has 144 valence electrons. The summed E-state index contributed by atoms with van der Waals surface area (Å²) < 4.78 is 2.40. The lowest BCUT2D eigenvalue weighted by molar-refractivity contribution is 0.0957. The number of aromatic nitrogens is 2. The van der Waals surface area contributed by atoms with Crippen LogP contribution >= 0.6 is 11.3 Å². The molecule has 2 heterocycles. The first-order valence-electron chi connectivity index (χ1n) is 9.95. The number of benzene rings is 1. The van der Waals surface area contributed by atoms with Crippen molar-refractivity contribution in [3.05, 3.63) is 52.5 Å². The van der Waals surface area contributed by atoms with Gasteiger partial charge in [-0.1, -0.05) is 44.9 Å². The number of para-hydroxylation sites is 2. The molecule has 0 radical (unpaired) electrons. The minimum Gasteiger partial charge on any atom is -0.351 e. The number of imidazole rings is 1. The third kappa shape index (κ3) is 5.19. The quantitative estimate of drug-likeness (QED) is 0.484. The molecule has 1 aromatic carbocycles. The Kier molecular flexibility index (Phi) is 7.04. The lowest BCUT2D eigenvalue weighted by Gasteiger charge is -2.14. The fourth-order valence-electron chi connectivity index (χ4n) is 3.24. The summed E-state index contributed by atoms with van der Waals surface area (Å²) in [4.78, 5) is 17.6. The normalized spacial score (nSPS) is 12.4. The van der Waals surface area contributed by atoms with Crippen molar-refractivity contribution < 1.29 is 4.79 Å². The van der Waals surface area contributed by atoms with Crippen LogP contribution in [0.15, 0.2) is 41.8 Å². The van der Waals surface area contributed by atoms with Crippen LogP contribution in [0.2, 0.25) is 0 Å². The fourth-order valence-corrected chi connectivity index (χ4v) is 3.88.